The molecule has 1 atom stereocenters. The average Bonchev–Trinajstić information content (AvgIpc) is 2.38. The number of likely N-dealkylation sites (N-methyl/N-ethyl adjacent to an activating group) is 1. The van der Waals surface area contributed by atoms with Gasteiger partial charge in [-0.05, 0) is 37.6 Å². The number of halogens is 4. The van der Waals surface area contributed by atoms with E-state index in [1.807, 2.05) is 6.92 Å². The summed E-state index contributed by atoms with van der Waals surface area (Å²) in [6.45, 7) is 1.91. The van der Waals surface area contributed by atoms with Crippen LogP contribution in [-0.2, 0) is 16.3 Å². The number of nitrogens with one attached hydrogen (secondary N) is 1. The van der Waals surface area contributed by atoms with Crippen LogP contribution in [0.3, 0.4) is 0 Å². The third-order valence-electron chi connectivity index (χ3n) is 3.14. The summed E-state index contributed by atoms with van der Waals surface area (Å²) in [5.74, 6) is -1.02. The minimum Gasteiger partial charge on any atom is -0.317 e. The van der Waals surface area contributed by atoms with Crippen LogP contribution in [0.4, 0.5) is 17.6 Å². The lowest BCUT2D eigenvalue weighted by Crippen LogP contribution is -2.30. The fourth-order valence-electron chi connectivity index (χ4n) is 2.03. The first kappa shape index (κ1) is 17.9. The van der Waals surface area contributed by atoms with E-state index in [0.29, 0.717) is 12.5 Å². The van der Waals surface area contributed by atoms with E-state index in [1.165, 1.54) is 0 Å². The fraction of sp³-hybridized carbons (Fsp3) is 0.538. The van der Waals surface area contributed by atoms with Gasteiger partial charge in [0, 0.05) is 6.04 Å². The van der Waals surface area contributed by atoms with Crippen molar-refractivity contribution in [2.75, 3.05) is 7.05 Å². The van der Waals surface area contributed by atoms with Gasteiger partial charge in [-0.15, -0.1) is 0 Å². The van der Waals surface area contributed by atoms with E-state index < -0.39 is 26.1 Å². The quantitative estimate of drug-likeness (QED) is 0.817. The first-order valence-corrected chi connectivity index (χ1v) is 7.88. The Bertz CT molecular complexity index is 584. The van der Waals surface area contributed by atoms with Gasteiger partial charge in [0.25, 0.3) is 9.84 Å². The van der Waals surface area contributed by atoms with E-state index in [9.17, 15) is 26.0 Å². The zero-order valence-corrected chi connectivity index (χ0v) is 12.5. The predicted molar refractivity (Wildman–Crippen MR) is 71.1 cm³/mol. The van der Waals surface area contributed by atoms with Crippen molar-refractivity contribution in [1.82, 2.24) is 5.32 Å². The molecule has 8 heteroatoms. The monoisotopic (exact) mass is 327 g/mol. The molecule has 0 aliphatic carbocycles. The third kappa shape index (κ3) is 4.16. The molecule has 1 aromatic rings. The molecule has 0 radical (unpaired) electrons. The Morgan fingerprint density at radius 3 is 2.38 bits per heavy atom. The van der Waals surface area contributed by atoms with Gasteiger partial charge in [-0.1, -0.05) is 19.4 Å². The van der Waals surface area contributed by atoms with Gasteiger partial charge in [0.05, 0.1) is 4.90 Å². The molecule has 0 fully saturated rings. The summed E-state index contributed by atoms with van der Waals surface area (Å²) in [7, 11) is -3.93. The third-order valence-corrected chi connectivity index (χ3v) is 4.70. The van der Waals surface area contributed by atoms with E-state index in [2.05, 4.69) is 5.32 Å². The number of hydrogen-bond donors (Lipinski definition) is 1. The highest BCUT2D eigenvalue weighted by Crippen LogP contribution is 2.33. The second-order valence-corrected chi connectivity index (χ2v) is 6.59. The van der Waals surface area contributed by atoms with Crippen molar-refractivity contribution in [2.24, 2.45) is 0 Å². The van der Waals surface area contributed by atoms with Gasteiger partial charge in [-0.2, -0.15) is 13.2 Å². The van der Waals surface area contributed by atoms with Crippen molar-refractivity contribution < 1.29 is 26.0 Å². The van der Waals surface area contributed by atoms with Crippen LogP contribution in [0, 0.1) is 5.82 Å². The van der Waals surface area contributed by atoms with Gasteiger partial charge in [0.15, 0.2) is 0 Å². The second kappa shape index (κ2) is 6.74. The standard InChI is InChI=1S/C13H17F4NO2S/c1-3-4-11(18-2)7-9-5-6-10(14)8-12(9)21(19,20)13(15,16)17/h5-6,8,11,18H,3-4,7H2,1-2H3. The number of sulfone groups is 1. The summed E-state index contributed by atoms with van der Waals surface area (Å²) >= 11 is 0. The molecule has 1 rings (SSSR count). The lowest BCUT2D eigenvalue weighted by atomic mass is 10.0. The van der Waals surface area contributed by atoms with Crippen molar-refractivity contribution in [2.45, 2.75) is 42.6 Å². The van der Waals surface area contributed by atoms with Crippen LogP contribution in [0.5, 0.6) is 0 Å². The molecule has 1 N–H and O–H groups in total. The molecule has 1 unspecified atom stereocenters. The molecular weight excluding hydrogens is 310 g/mol. The lowest BCUT2D eigenvalue weighted by Gasteiger charge is -2.18. The molecule has 0 saturated carbocycles. The minimum atomic E-state index is -5.57. The minimum absolute atomic E-state index is 0.0403. The summed E-state index contributed by atoms with van der Waals surface area (Å²) in [5.41, 5.74) is -5.49. The Balaban J connectivity index is 3.30. The largest absolute Gasteiger partial charge is 0.501 e. The van der Waals surface area contributed by atoms with Gasteiger partial charge in [0.1, 0.15) is 5.82 Å². The van der Waals surface area contributed by atoms with E-state index in [4.69, 9.17) is 0 Å². The molecule has 0 aliphatic rings. The number of benzene rings is 1. The highest BCUT2D eigenvalue weighted by atomic mass is 32.2. The van der Waals surface area contributed by atoms with Crippen LogP contribution in [0.15, 0.2) is 23.1 Å². The highest BCUT2D eigenvalue weighted by Gasteiger charge is 2.48. The molecule has 0 amide bonds. The Labute approximate surface area is 121 Å². The van der Waals surface area contributed by atoms with Crippen LogP contribution >= 0.6 is 0 Å². The highest BCUT2D eigenvalue weighted by molar-refractivity contribution is 7.92. The van der Waals surface area contributed by atoms with Crippen molar-refractivity contribution in [3.05, 3.63) is 29.6 Å². The number of hydrogen-bond acceptors (Lipinski definition) is 3. The zero-order valence-electron chi connectivity index (χ0n) is 11.7. The lowest BCUT2D eigenvalue weighted by molar-refractivity contribution is -0.0436. The van der Waals surface area contributed by atoms with Crippen LogP contribution < -0.4 is 5.32 Å². The van der Waals surface area contributed by atoms with Crippen LogP contribution in [0.1, 0.15) is 25.3 Å². The number of rotatable bonds is 6. The van der Waals surface area contributed by atoms with E-state index in [1.54, 1.807) is 7.05 Å². The SMILES string of the molecule is CCCC(Cc1ccc(F)cc1S(=O)(=O)C(F)(F)F)NC. The first-order valence-electron chi connectivity index (χ1n) is 6.40. The van der Waals surface area contributed by atoms with Crippen molar-refractivity contribution in [3.63, 3.8) is 0 Å². The molecule has 120 valence electrons. The smallest absolute Gasteiger partial charge is 0.317 e. The molecule has 0 heterocycles. The van der Waals surface area contributed by atoms with Crippen molar-refractivity contribution in [3.8, 4) is 0 Å². The Hall–Kier alpha value is -1.15. The van der Waals surface area contributed by atoms with Crippen LogP contribution in [-0.4, -0.2) is 27.0 Å². The maximum absolute atomic E-state index is 13.2. The summed E-state index contributed by atoms with van der Waals surface area (Å²) in [5, 5.41) is 2.91. The second-order valence-electron chi connectivity index (χ2n) is 4.68. The van der Waals surface area contributed by atoms with E-state index >= 15 is 0 Å². The molecule has 3 nitrogen and oxygen atoms in total. The Kier molecular flexibility index (Phi) is 5.75. The summed E-state index contributed by atoms with van der Waals surface area (Å²) < 4.78 is 74.3. The van der Waals surface area contributed by atoms with Gasteiger partial charge in [-0.25, -0.2) is 12.8 Å². The normalized spacial score (nSPS) is 14.2. The molecule has 0 aromatic heterocycles. The Morgan fingerprint density at radius 1 is 1.29 bits per heavy atom. The van der Waals surface area contributed by atoms with Crippen LogP contribution in [0.2, 0.25) is 0 Å². The summed E-state index contributed by atoms with van der Waals surface area (Å²) in [6, 6.07) is 2.30. The van der Waals surface area contributed by atoms with Gasteiger partial charge >= 0.3 is 5.51 Å². The average molecular weight is 327 g/mol. The molecule has 0 bridgehead atoms. The van der Waals surface area contributed by atoms with Gasteiger partial charge in [-0.3, -0.25) is 0 Å². The summed E-state index contributed by atoms with van der Waals surface area (Å²) in [6.07, 6.45) is 1.53. The molecule has 0 spiro atoms. The predicted octanol–water partition coefficient (Wildman–Crippen LogP) is 3.05. The van der Waals surface area contributed by atoms with E-state index in [-0.39, 0.29) is 18.0 Å². The summed E-state index contributed by atoms with van der Waals surface area (Å²) in [4.78, 5) is -1.01. The number of alkyl halides is 3. The maximum Gasteiger partial charge on any atom is 0.501 e. The first-order chi connectivity index (χ1) is 9.63. The van der Waals surface area contributed by atoms with E-state index in [0.717, 1.165) is 18.6 Å². The van der Waals surface area contributed by atoms with Crippen molar-refractivity contribution >= 4 is 9.84 Å². The topological polar surface area (TPSA) is 46.2 Å². The molecule has 21 heavy (non-hydrogen) atoms. The zero-order chi connectivity index (χ0) is 16.3. The molecular formula is C13H17F4NO2S. The van der Waals surface area contributed by atoms with Crippen LogP contribution in [0.25, 0.3) is 0 Å². The fourth-order valence-corrected chi connectivity index (χ4v) is 3.05. The molecule has 1 aromatic carbocycles. The van der Waals surface area contributed by atoms with Gasteiger partial charge in [0.2, 0.25) is 0 Å². The molecule has 0 aliphatic heterocycles. The van der Waals surface area contributed by atoms with Gasteiger partial charge < -0.3 is 5.32 Å². The molecule has 0 saturated heterocycles. The van der Waals surface area contributed by atoms with Crippen molar-refractivity contribution in [1.29, 1.82) is 0 Å². The maximum atomic E-state index is 13.2. The Morgan fingerprint density at radius 2 is 1.90 bits per heavy atom.